The molecule has 2 fully saturated rings. The predicted molar refractivity (Wildman–Crippen MR) is 75.6 cm³/mol. The molecule has 1 aliphatic carbocycles. The molecule has 18 heavy (non-hydrogen) atoms. The van der Waals surface area contributed by atoms with Gasteiger partial charge in [0, 0.05) is 12.6 Å². The van der Waals surface area contributed by atoms with E-state index in [4.69, 9.17) is 27.9 Å². The van der Waals surface area contributed by atoms with E-state index in [1.165, 1.54) is 19.3 Å². The Hall–Kier alpha value is -0.440. The zero-order chi connectivity index (χ0) is 12.6. The van der Waals surface area contributed by atoms with Crippen LogP contribution in [0.3, 0.4) is 0 Å². The van der Waals surface area contributed by atoms with E-state index >= 15 is 0 Å². The molecule has 1 unspecified atom stereocenters. The van der Waals surface area contributed by atoms with E-state index in [9.17, 15) is 0 Å². The number of rotatable bonds is 2. The van der Waals surface area contributed by atoms with Gasteiger partial charge in [0.25, 0.3) is 0 Å². The Kier molecular flexibility index (Phi) is 3.44. The molecule has 1 aliphatic heterocycles. The zero-order valence-corrected chi connectivity index (χ0v) is 11.7. The molecule has 0 aromatic heterocycles. The summed E-state index contributed by atoms with van der Waals surface area (Å²) in [5.74, 6) is 0. The number of hydrogen-bond acceptors (Lipinski definition) is 2. The number of hydrogen-bond donors (Lipinski definition) is 1. The summed E-state index contributed by atoms with van der Waals surface area (Å²) in [4.78, 5) is 0. The van der Waals surface area contributed by atoms with Crippen LogP contribution in [0.4, 0.5) is 5.69 Å². The van der Waals surface area contributed by atoms with Crippen molar-refractivity contribution in [1.82, 2.24) is 0 Å². The van der Waals surface area contributed by atoms with Crippen molar-refractivity contribution in [2.24, 2.45) is 0 Å². The molecule has 4 heteroatoms. The SMILES string of the molecule is Clc1cccc(NC2CCOC3(CCC3)C2)c1Cl. The van der Waals surface area contributed by atoms with Crippen LogP contribution in [-0.2, 0) is 4.74 Å². The fourth-order valence-electron chi connectivity index (χ4n) is 2.91. The smallest absolute Gasteiger partial charge is 0.0823 e. The Balaban J connectivity index is 1.70. The van der Waals surface area contributed by atoms with Crippen molar-refractivity contribution in [3.63, 3.8) is 0 Å². The maximum Gasteiger partial charge on any atom is 0.0823 e. The van der Waals surface area contributed by atoms with E-state index < -0.39 is 0 Å². The highest BCUT2D eigenvalue weighted by atomic mass is 35.5. The van der Waals surface area contributed by atoms with Crippen LogP contribution >= 0.6 is 23.2 Å². The fraction of sp³-hybridized carbons (Fsp3) is 0.571. The van der Waals surface area contributed by atoms with Gasteiger partial charge < -0.3 is 10.1 Å². The molecule has 0 radical (unpaired) electrons. The van der Waals surface area contributed by atoms with Crippen LogP contribution in [0, 0.1) is 0 Å². The highest BCUT2D eigenvalue weighted by Gasteiger charge is 2.42. The minimum absolute atomic E-state index is 0.154. The quantitative estimate of drug-likeness (QED) is 0.863. The van der Waals surface area contributed by atoms with E-state index in [0.29, 0.717) is 16.1 Å². The molecule has 2 nitrogen and oxygen atoms in total. The summed E-state index contributed by atoms with van der Waals surface area (Å²) in [5, 5.41) is 4.74. The van der Waals surface area contributed by atoms with Gasteiger partial charge in [0.05, 0.1) is 21.3 Å². The number of ether oxygens (including phenoxy) is 1. The van der Waals surface area contributed by atoms with Crippen LogP contribution in [0.1, 0.15) is 32.1 Å². The summed E-state index contributed by atoms with van der Waals surface area (Å²) < 4.78 is 5.92. The van der Waals surface area contributed by atoms with Crippen molar-refractivity contribution in [1.29, 1.82) is 0 Å². The molecule has 1 saturated carbocycles. The average Bonchev–Trinajstić information content (AvgIpc) is 2.34. The van der Waals surface area contributed by atoms with E-state index in [1.54, 1.807) is 0 Å². The van der Waals surface area contributed by atoms with Crippen molar-refractivity contribution in [2.45, 2.75) is 43.7 Å². The summed E-state index contributed by atoms with van der Waals surface area (Å²) >= 11 is 12.2. The maximum atomic E-state index is 6.21. The number of nitrogens with one attached hydrogen (secondary N) is 1. The van der Waals surface area contributed by atoms with Crippen molar-refractivity contribution >= 4 is 28.9 Å². The number of anilines is 1. The third-order valence-electron chi connectivity index (χ3n) is 4.07. The molecule has 1 spiro atoms. The second-order valence-electron chi connectivity index (χ2n) is 5.32. The van der Waals surface area contributed by atoms with Crippen molar-refractivity contribution < 1.29 is 4.74 Å². The Morgan fingerprint density at radius 1 is 1.28 bits per heavy atom. The first kappa shape index (κ1) is 12.6. The van der Waals surface area contributed by atoms with E-state index in [2.05, 4.69) is 5.32 Å². The Morgan fingerprint density at radius 3 is 2.83 bits per heavy atom. The monoisotopic (exact) mass is 285 g/mol. The van der Waals surface area contributed by atoms with Crippen molar-refractivity contribution in [3.05, 3.63) is 28.2 Å². The zero-order valence-electron chi connectivity index (χ0n) is 10.2. The lowest BCUT2D eigenvalue weighted by molar-refractivity contribution is -0.130. The van der Waals surface area contributed by atoms with Gasteiger partial charge >= 0.3 is 0 Å². The Labute approximate surface area is 118 Å². The lowest BCUT2D eigenvalue weighted by Gasteiger charge is -2.47. The predicted octanol–water partition coefficient (Wildman–Crippen LogP) is 4.51. The summed E-state index contributed by atoms with van der Waals surface area (Å²) in [6, 6.07) is 6.16. The topological polar surface area (TPSA) is 21.3 Å². The van der Waals surface area contributed by atoms with Gasteiger partial charge in [-0.1, -0.05) is 29.3 Å². The minimum Gasteiger partial charge on any atom is -0.381 e. The van der Waals surface area contributed by atoms with E-state index in [1.807, 2.05) is 18.2 Å². The van der Waals surface area contributed by atoms with E-state index in [0.717, 1.165) is 25.1 Å². The third-order valence-corrected chi connectivity index (χ3v) is 4.89. The molecule has 0 bridgehead atoms. The molecule has 0 amide bonds. The molecule has 1 saturated heterocycles. The van der Waals surface area contributed by atoms with Crippen molar-refractivity contribution in [2.75, 3.05) is 11.9 Å². The van der Waals surface area contributed by atoms with E-state index in [-0.39, 0.29) is 5.60 Å². The standard InChI is InChI=1S/C14H17Cl2NO/c15-11-3-1-4-12(13(11)16)17-10-5-8-18-14(9-10)6-2-7-14/h1,3-4,10,17H,2,5-9H2. The van der Waals surface area contributed by atoms with Crippen LogP contribution in [0.15, 0.2) is 18.2 Å². The highest BCUT2D eigenvalue weighted by Crippen LogP contribution is 2.43. The molecule has 3 rings (SSSR count). The molecular weight excluding hydrogens is 269 g/mol. The van der Waals surface area contributed by atoms with Crippen molar-refractivity contribution in [3.8, 4) is 0 Å². The number of benzene rings is 1. The first-order valence-corrected chi connectivity index (χ1v) is 7.29. The first-order valence-electron chi connectivity index (χ1n) is 6.53. The fourth-order valence-corrected chi connectivity index (χ4v) is 3.26. The molecule has 1 atom stereocenters. The van der Waals surface area contributed by atoms with Gasteiger partial charge in [-0.15, -0.1) is 0 Å². The average molecular weight is 286 g/mol. The van der Waals surface area contributed by atoms with Gasteiger partial charge in [-0.05, 0) is 44.2 Å². The molecular formula is C14H17Cl2NO. The highest BCUT2D eigenvalue weighted by molar-refractivity contribution is 6.43. The summed E-state index contributed by atoms with van der Waals surface area (Å²) in [6.07, 6.45) is 5.81. The van der Waals surface area contributed by atoms with Gasteiger partial charge in [-0.2, -0.15) is 0 Å². The lowest BCUT2D eigenvalue weighted by Crippen LogP contribution is -2.49. The minimum atomic E-state index is 0.154. The molecule has 1 aromatic carbocycles. The van der Waals surface area contributed by atoms with Crippen LogP contribution in [-0.4, -0.2) is 18.2 Å². The molecule has 1 aromatic rings. The van der Waals surface area contributed by atoms with Gasteiger partial charge in [0.2, 0.25) is 0 Å². The van der Waals surface area contributed by atoms with Crippen LogP contribution < -0.4 is 5.32 Å². The van der Waals surface area contributed by atoms with Gasteiger partial charge in [-0.25, -0.2) is 0 Å². The van der Waals surface area contributed by atoms with Gasteiger partial charge in [-0.3, -0.25) is 0 Å². The normalized spacial score (nSPS) is 25.8. The molecule has 2 aliphatic rings. The molecule has 1 heterocycles. The third kappa shape index (κ3) is 2.34. The summed E-state index contributed by atoms with van der Waals surface area (Å²) in [5.41, 5.74) is 1.09. The first-order chi connectivity index (χ1) is 8.69. The largest absolute Gasteiger partial charge is 0.381 e. The molecule has 1 N–H and O–H groups in total. The number of halogens is 2. The van der Waals surface area contributed by atoms with Crippen LogP contribution in [0.5, 0.6) is 0 Å². The maximum absolute atomic E-state index is 6.21. The summed E-state index contributed by atoms with van der Waals surface area (Å²) in [7, 11) is 0. The van der Waals surface area contributed by atoms with Crippen LogP contribution in [0.25, 0.3) is 0 Å². The van der Waals surface area contributed by atoms with Gasteiger partial charge in [0.15, 0.2) is 0 Å². The molecule has 98 valence electrons. The second-order valence-corrected chi connectivity index (χ2v) is 6.11. The van der Waals surface area contributed by atoms with Crippen LogP contribution in [0.2, 0.25) is 10.0 Å². The summed E-state index contributed by atoms with van der Waals surface area (Å²) in [6.45, 7) is 0.843. The second kappa shape index (κ2) is 4.92. The Morgan fingerprint density at radius 2 is 2.11 bits per heavy atom. The lowest BCUT2D eigenvalue weighted by atomic mass is 9.74. The Bertz CT molecular complexity index is 445. The van der Waals surface area contributed by atoms with Gasteiger partial charge in [0.1, 0.15) is 0 Å².